The summed E-state index contributed by atoms with van der Waals surface area (Å²) in [6, 6.07) is 7.47. The van der Waals surface area contributed by atoms with Crippen molar-refractivity contribution >= 4 is 29.0 Å². The van der Waals surface area contributed by atoms with Gasteiger partial charge in [0.05, 0.1) is 16.3 Å². The van der Waals surface area contributed by atoms with Gasteiger partial charge in [0.2, 0.25) is 0 Å². The third-order valence-corrected chi connectivity index (χ3v) is 4.31. The quantitative estimate of drug-likeness (QED) is 0.864. The predicted octanol–water partition coefficient (Wildman–Crippen LogP) is 4.15. The molecule has 1 aliphatic rings. The molecule has 1 fully saturated rings. The van der Waals surface area contributed by atoms with Crippen LogP contribution in [0.5, 0.6) is 0 Å². The molecule has 0 unspecified atom stereocenters. The lowest BCUT2D eigenvalue weighted by Crippen LogP contribution is -2.32. The molecule has 6 heteroatoms. The van der Waals surface area contributed by atoms with E-state index in [1.54, 1.807) is 18.2 Å². The van der Waals surface area contributed by atoms with E-state index in [0.29, 0.717) is 23.0 Å². The van der Waals surface area contributed by atoms with Crippen LogP contribution in [-0.2, 0) is 0 Å². The van der Waals surface area contributed by atoms with Gasteiger partial charge in [-0.3, -0.25) is 4.79 Å². The van der Waals surface area contributed by atoms with Crippen molar-refractivity contribution in [3.63, 3.8) is 0 Å². The molecule has 0 spiro atoms. The topological polar surface area (TPSA) is 54.0 Å². The second-order valence-corrected chi connectivity index (χ2v) is 6.10. The first kappa shape index (κ1) is 15.7. The van der Waals surface area contributed by atoms with Crippen LogP contribution >= 0.6 is 11.6 Å². The number of amides is 1. The molecule has 1 aromatic carbocycles. The minimum atomic E-state index is -0.396. The second-order valence-electron chi connectivity index (χ2n) is 5.69. The number of benzene rings is 1. The van der Waals surface area contributed by atoms with E-state index in [1.165, 1.54) is 37.6 Å². The molecule has 1 aromatic heterocycles. The fraction of sp³-hybridized carbons (Fsp3) is 0.294. The van der Waals surface area contributed by atoms with Crippen molar-refractivity contribution in [2.24, 2.45) is 5.92 Å². The summed E-state index contributed by atoms with van der Waals surface area (Å²) < 4.78 is 13.0. The largest absolute Gasteiger partial charge is 0.352 e. The summed E-state index contributed by atoms with van der Waals surface area (Å²) in [7, 11) is 0. The van der Waals surface area contributed by atoms with Crippen molar-refractivity contribution in [3.05, 3.63) is 52.9 Å². The molecular weight excluding hydrogens is 317 g/mol. The predicted molar refractivity (Wildman–Crippen MR) is 88.6 cm³/mol. The number of halogens is 2. The van der Waals surface area contributed by atoms with Gasteiger partial charge in [-0.25, -0.2) is 9.37 Å². The Bertz CT molecular complexity index is 701. The van der Waals surface area contributed by atoms with Gasteiger partial charge in [0.1, 0.15) is 11.6 Å². The Morgan fingerprint density at radius 2 is 2.13 bits per heavy atom. The van der Waals surface area contributed by atoms with Gasteiger partial charge < -0.3 is 10.6 Å². The highest BCUT2D eigenvalue weighted by molar-refractivity contribution is 6.33. The van der Waals surface area contributed by atoms with Crippen LogP contribution < -0.4 is 10.6 Å². The SMILES string of the molecule is O=C(NCC1CCC1)c1ccc(Nc2ccc(F)cc2Cl)nc1. The first-order valence-corrected chi connectivity index (χ1v) is 7.96. The molecule has 1 heterocycles. The van der Waals surface area contributed by atoms with Crippen molar-refractivity contribution in [3.8, 4) is 0 Å². The van der Waals surface area contributed by atoms with Gasteiger partial charge in [0, 0.05) is 12.7 Å². The zero-order valence-electron chi connectivity index (χ0n) is 12.5. The highest BCUT2D eigenvalue weighted by atomic mass is 35.5. The minimum Gasteiger partial charge on any atom is -0.352 e. The molecule has 2 aromatic rings. The van der Waals surface area contributed by atoms with Gasteiger partial charge in [0.15, 0.2) is 0 Å². The number of carbonyl (C=O) groups excluding carboxylic acids is 1. The number of hydrogen-bond donors (Lipinski definition) is 2. The maximum Gasteiger partial charge on any atom is 0.252 e. The number of nitrogens with one attached hydrogen (secondary N) is 2. The van der Waals surface area contributed by atoms with E-state index in [9.17, 15) is 9.18 Å². The zero-order valence-corrected chi connectivity index (χ0v) is 13.2. The zero-order chi connectivity index (χ0) is 16.2. The van der Waals surface area contributed by atoms with Crippen LogP contribution in [0, 0.1) is 11.7 Å². The number of pyridine rings is 1. The van der Waals surface area contributed by atoms with Gasteiger partial charge in [-0.05, 0) is 49.1 Å². The smallest absolute Gasteiger partial charge is 0.252 e. The van der Waals surface area contributed by atoms with Crippen LogP contribution in [0.1, 0.15) is 29.6 Å². The van der Waals surface area contributed by atoms with Gasteiger partial charge in [-0.15, -0.1) is 0 Å². The van der Waals surface area contributed by atoms with Gasteiger partial charge in [-0.2, -0.15) is 0 Å². The fourth-order valence-corrected chi connectivity index (χ4v) is 2.58. The first-order valence-electron chi connectivity index (χ1n) is 7.58. The number of carbonyl (C=O) groups is 1. The lowest BCUT2D eigenvalue weighted by molar-refractivity contribution is 0.0939. The summed E-state index contributed by atoms with van der Waals surface area (Å²) in [5.74, 6) is 0.644. The van der Waals surface area contributed by atoms with E-state index < -0.39 is 5.82 Å². The van der Waals surface area contributed by atoms with E-state index >= 15 is 0 Å². The second kappa shape index (κ2) is 6.96. The lowest BCUT2D eigenvalue weighted by atomic mass is 9.85. The van der Waals surface area contributed by atoms with E-state index in [0.717, 1.165) is 6.54 Å². The molecule has 1 saturated carbocycles. The van der Waals surface area contributed by atoms with E-state index in [-0.39, 0.29) is 10.9 Å². The number of nitrogens with zero attached hydrogens (tertiary/aromatic N) is 1. The van der Waals surface area contributed by atoms with E-state index in [2.05, 4.69) is 15.6 Å². The summed E-state index contributed by atoms with van der Waals surface area (Å²) in [5.41, 5.74) is 1.07. The van der Waals surface area contributed by atoms with Gasteiger partial charge in [0.25, 0.3) is 5.91 Å². The van der Waals surface area contributed by atoms with Crippen molar-refractivity contribution in [1.82, 2.24) is 10.3 Å². The number of hydrogen-bond acceptors (Lipinski definition) is 3. The summed E-state index contributed by atoms with van der Waals surface area (Å²) in [5, 5.41) is 6.19. The van der Waals surface area contributed by atoms with Crippen LogP contribution in [0.3, 0.4) is 0 Å². The summed E-state index contributed by atoms with van der Waals surface area (Å²) in [6.45, 7) is 0.726. The molecule has 3 rings (SSSR count). The van der Waals surface area contributed by atoms with Gasteiger partial charge >= 0.3 is 0 Å². The third kappa shape index (κ3) is 3.99. The molecule has 0 bridgehead atoms. The van der Waals surface area contributed by atoms with Crippen molar-refractivity contribution in [1.29, 1.82) is 0 Å². The third-order valence-electron chi connectivity index (χ3n) is 4.00. The van der Waals surface area contributed by atoms with Crippen molar-refractivity contribution in [2.75, 3.05) is 11.9 Å². The number of anilines is 2. The average Bonchev–Trinajstić information content (AvgIpc) is 2.49. The normalized spacial score (nSPS) is 14.2. The van der Waals surface area contributed by atoms with Crippen LogP contribution in [0.2, 0.25) is 5.02 Å². The standard InChI is InChI=1S/C17H17ClFN3O/c18-14-8-13(19)5-6-15(14)22-16-7-4-12(10-20-16)17(23)21-9-11-2-1-3-11/h4-8,10-11H,1-3,9H2,(H,20,22)(H,21,23). The summed E-state index contributed by atoms with van der Waals surface area (Å²) in [6.07, 6.45) is 5.16. The Morgan fingerprint density at radius 3 is 2.74 bits per heavy atom. The molecular formula is C17H17ClFN3O. The van der Waals surface area contributed by atoms with Crippen molar-refractivity contribution < 1.29 is 9.18 Å². The first-order chi connectivity index (χ1) is 11.1. The minimum absolute atomic E-state index is 0.115. The molecule has 23 heavy (non-hydrogen) atoms. The Balaban J connectivity index is 1.60. The molecule has 120 valence electrons. The number of rotatable bonds is 5. The van der Waals surface area contributed by atoms with Crippen LogP contribution in [-0.4, -0.2) is 17.4 Å². The Labute approximate surface area is 139 Å². The monoisotopic (exact) mass is 333 g/mol. The van der Waals surface area contributed by atoms with Crippen LogP contribution in [0.15, 0.2) is 36.5 Å². The highest BCUT2D eigenvalue weighted by Gasteiger charge is 2.18. The van der Waals surface area contributed by atoms with Crippen LogP contribution in [0.4, 0.5) is 15.9 Å². The maximum atomic E-state index is 13.0. The lowest BCUT2D eigenvalue weighted by Gasteiger charge is -2.25. The molecule has 0 radical (unpaired) electrons. The molecule has 1 aliphatic carbocycles. The fourth-order valence-electron chi connectivity index (χ4n) is 2.37. The highest BCUT2D eigenvalue weighted by Crippen LogP contribution is 2.26. The summed E-state index contributed by atoms with van der Waals surface area (Å²) in [4.78, 5) is 16.2. The molecule has 1 amide bonds. The molecule has 2 N–H and O–H groups in total. The van der Waals surface area contributed by atoms with E-state index in [1.807, 2.05) is 0 Å². The molecule has 0 aliphatic heterocycles. The van der Waals surface area contributed by atoms with Gasteiger partial charge in [-0.1, -0.05) is 18.0 Å². The number of aromatic nitrogens is 1. The van der Waals surface area contributed by atoms with Crippen molar-refractivity contribution in [2.45, 2.75) is 19.3 Å². The molecule has 4 nitrogen and oxygen atoms in total. The Morgan fingerprint density at radius 1 is 1.30 bits per heavy atom. The molecule has 0 atom stereocenters. The maximum absolute atomic E-state index is 13.0. The molecule has 0 saturated heterocycles. The Kier molecular flexibility index (Phi) is 4.76. The van der Waals surface area contributed by atoms with Crippen LogP contribution in [0.25, 0.3) is 0 Å². The van der Waals surface area contributed by atoms with E-state index in [4.69, 9.17) is 11.6 Å². The average molecular weight is 334 g/mol. The Hall–Kier alpha value is -2.14. The summed E-state index contributed by atoms with van der Waals surface area (Å²) >= 11 is 5.96.